The second kappa shape index (κ2) is 14.8. The number of hydrogen-bond donors (Lipinski definition) is 2. The molecular formula is C35H40O4S2. The minimum absolute atomic E-state index is 0.217. The van der Waals surface area contributed by atoms with Crippen molar-refractivity contribution in [1.29, 1.82) is 0 Å². The van der Waals surface area contributed by atoms with Gasteiger partial charge in [0.1, 0.15) is 24.7 Å². The summed E-state index contributed by atoms with van der Waals surface area (Å²) in [6.45, 7) is 9.02. The predicted molar refractivity (Wildman–Crippen MR) is 172 cm³/mol. The zero-order valence-electron chi connectivity index (χ0n) is 24.2. The Balaban J connectivity index is 1.22. The standard InChI is InChI=1S/C35H40O4S2/c1-25-5-17-33(18-6-25)40-23-29(36)21-38-31-13-9-27(10-14-31)35(3,4)28-11-15-32(16-12-28)39-22-30(37)24-41-34-19-7-26(2)8-20-34/h5-20,29-30,36-37H,21-24H2,1-4H3. The Morgan fingerprint density at radius 3 is 1.24 bits per heavy atom. The summed E-state index contributed by atoms with van der Waals surface area (Å²) in [4.78, 5) is 2.29. The molecule has 0 spiro atoms. The minimum Gasteiger partial charge on any atom is -0.491 e. The van der Waals surface area contributed by atoms with Gasteiger partial charge < -0.3 is 19.7 Å². The van der Waals surface area contributed by atoms with Crippen molar-refractivity contribution in [2.45, 2.75) is 55.1 Å². The first-order valence-electron chi connectivity index (χ1n) is 13.9. The Kier molecular flexibility index (Phi) is 11.2. The van der Waals surface area contributed by atoms with Gasteiger partial charge in [0.2, 0.25) is 0 Å². The van der Waals surface area contributed by atoms with Crippen LogP contribution in [-0.4, -0.2) is 47.1 Å². The Hall–Kier alpha value is -2.90. The molecule has 41 heavy (non-hydrogen) atoms. The number of rotatable bonds is 14. The van der Waals surface area contributed by atoms with Crippen LogP contribution >= 0.6 is 23.5 Å². The van der Waals surface area contributed by atoms with E-state index in [2.05, 4.69) is 100 Å². The van der Waals surface area contributed by atoms with Gasteiger partial charge in [-0.1, -0.05) is 73.5 Å². The molecule has 0 amide bonds. The molecule has 0 saturated carbocycles. The summed E-state index contributed by atoms with van der Waals surface area (Å²) < 4.78 is 11.7. The number of aryl methyl sites for hydroxylation is 2. The molecule has 0 saturated heterocycles. The van der Waals surface area contributed by atoms with Gasteiger partial charge >= 0.3 is 0 Å². The summed E-state index contributed by atoms with van der Waals surface area (Å²) in [5.41, 5.74) is 4.57. The van der Waals surface area contributed by atoms with E-state index in [-0.39, 0.29) is 18.6 Å². The molecule has 4 rings (SSSR count). The Morgan fingerprint density at radius 1 is 0.561 bits per heavy atom. The van der Waals surface area contributed by atoms with Crippen molar-refractivity contribution in [2.75, 3.05) is 24.7 Å². The zero-order valence-corrected chi connectivity index (χ0v) is 25.9. The number of aliphatic hydroxyl groups is 2. The van der Waals surface area contributed by atoms with Crippen LogP contribution in [0.15, 0.2) is 107 Å². The van der Waals surface area contributed by atoms with Gasteiger partial charge in [-0.25, -0.2) is 0 Å². The largest absolute Gasteiger partial charge is 0.491 e. The van der Waals surface area contributed by atoms with E-state index in [1.807, 2.05) is 24.3 Å². The van der Waals surface area contributed by atoms with Gasteiger partial charge in [0.25, 0.3) is 0 Å². The Labute approximate surface area is 253 Å². The van der Waals surface area contributed by atoms with Crippen LogP contribution in [0.3, 0.4) is 0 Å². The molecule has 0 bridgehead atoms. The molecule has 0 aliphatic rings. The summed E-state index contributed by atoms with van der Waals surface area (Å²) in [6, 6.07) is 32.8. The third-order valence-electron chi connectivity index (χ3n) is 6.96. The highest BCUT2D eigenvalue weighted by Gasteiger charge is 2.23. The topological polar surface area (TPSA) is 58.9 Å². The fourth-order valence-corrected chi connectivity index (χ4v) is 5.86. The summed E-state index contributed by atoms with van der Waals surface area (Å²) in [7, 11) is 0. The van der Waals surface area contributed by atoms with E-state index in [1.165, 1.54) is 11.1 Å². The van der Waals surface area contributed by atoms with Crippen LogP contribution < -0.4 is 9.47 Å². The van der Waals surface area contributed by atoms with Gasteiger partial charge in [-0.05, 0) is 73.5 Å². The quantitative estimate of drug-likeness (QED) is 0.147. The van der Waals surface area contributed by atoms with E-state index in [0.29, 0.717) is 11.5 Å². The van der Waals surface area contributed by atoms with Gasteiger partial charge in [0.15, 0.2) is 0 Å². The van der Waals surface area contributed by atoms with Gasteiger partial charge in [-0.2, -0.15) is 0 Å². The number of ether oxygens (including phenoxy) is 2. The van der Waals surface area contributed by atoms with Gasteiger partial charge in [0.05, 0.1) is 12.2 Å². The lowest BCUT2D eigenvalue weighted by atomic mass is 9.78. The summed E-state index contributed by atoms with van der Waals surface area (Å²) in [5.74, 6) is 2.65. The fraction of sp³-hybridized carbons (Fsp3) is 0.314. The first-order chi connectivity index (χ1) is 19.7. The third kappa shape index (κ3) is 9.57. The van der Waals surface area contributed by atoms with Crippen molar-refractivity contribution in [3.8, 4) is 11.5 Å². The van der Waals surface area contributed by atoms with E-state index in [9.17, 15) is 10.2 Å². The lowest BCUT2D eigenvalue weighted by Gasteiger charge is -2.26. The van der Waals surface area contributed by atoms with Crippen molar-refractivity contribution in [3.05, 3.63) is 119 Å². The van der Waals surface area contributed by atoms with Crippen molar-refractivity contribution in [2.24, 2.45) is 0 Å². The van der Waals surface area contributed by atoms with Crippen LogP contribution in [0.4, 0.5) is 0 Å². The molecule has 6 heteroatoms. The van der Waals surface area contributed by atoms with Gasteiger partial charge in [-0.15, -0.1) is 23.5 Å². The van der Waals surface area contributed by atoms with Gasteiger partial charge in [-0.3, -0.25) is 0 Å². The summed E-state index contributed by atoms with van der Waals surface area (Å²) in [5, 5.41) is 20.7. The van der Waals surface area contributed by atoms with Crippen LogP contribution in [0.2, 0.25) is 0 Å². The number of thioether (sulfide) groups is 2. The molecule has 0 fully saturated rings. The predicted octanol–water partition coefficient (Wildman–Crippen LogP) is 7.69. The van der Waals surface area contributed by atoms with Gasteiger partial charge in [0, 0.05) is 26.7 Å². The minimum atomic E-state index is -0.550. The molecule has 4 nitrogen and oxygen atoms in total. The van der Waals surface area contributed by atoms with E-state index >= 15 is 0 Å². The van der Waals surface area contributed by atoms with Crippen LogP contribution in [0, 0.1) is 13.8 Å². The van der Waals surface area contributed by atoms with Crippen molar-refractivity contribution < 1.29 is 19.7 Å². The molecule has 2 atom stereocenters. The number of hydrogen-bond acceptors (Lipinski definition) is 6. The maximum Gasteiger partial charge on any atom is 0.119 e. The second-order valence-corrected chi connectivity index (χ2v) is 13.0. The fourth-order valence-electron chi connectivity index (χ4n) is 4.24. The Morgan fingerprint density at radius 2 is 0.902 bits per heavy atom. The maximum absolute atomic E-state index is 10.4. The molecule has 0 radical (unpaired) electrons. The molecule has 0 aliphatic carbocycles. The lowest BCUT2D eigenvalue weighted by Crippen LogP contribution is -2.21. The zero-order chi connectivity index (χ0) is 29.2. The monoisotopic (exact) mass is 588 g/mol. The molecule has 216 valence electrons. The number of aliphatic hydroxyl groups excluding tert-OH is 2. The van der Waals surface area contributed by atoms with Crippen molar-refractivity contribution in [3.63, 3.8) is 0 Å². The Bertz CT molecular complexity index is 1230. The molecular weight excluding hydrogens is 549 g/mol. The van der Waals surface area contributed by atoms with Crippen molar-refractivity contribution >= 4 is 23.5 Å². The smallest absolute Gasteiger partial charge is 0.119 e. The highest BCUT2D eigenvalue weighted by Crippen LogP contribution is 2.33. The molecule has 2 N–H and O–H groups in total. The summed E-state index contributed by atoms with van der Waals surface area (Å²) in [6.07, 6.45) is -1.10. The highest BCUT2D eigenvalue weighted by molar-refractivity contribution is 7.99. The van der Waals surface area contributed by atoms with Crippen LogP contribution in [-0.2, 0) is 5.41 Å². The second-order valence-electron chi connectivity index (χ2n) is 10.9. The summed E-state index contributed by atoms with van der Waals surface area (Å²) >= 11 is 3.26. The average molecular weight is 589 g/mol. The maximum atomic E-state index is 10.4. The highest BCUT2D eigenvalue weighted by atomic mass is 32.2. The molecule has 4 aromatic rings. The SMILES string of the molecule is Cc1ccc(SCC(O)COc2ccc(C(C)(C)c3ccc(OCC(O)CSc4ccc(C)cc4)cc3)cc2)cc1. The normalized spacial score (nSPS) is 13.0. The van der Waals surface area contributed by atoms with Crippen LogP contribution in [0.1, 0.15) is 36.1 Å². The molecule has 4 aromatic carbocycles. The van der Waals surface area contributed by atoms with Crippen LogP contribution in [0.5, 0.6) is 11.5 Å². The molecule has 0 aromatic heterocycles. The lowest BCUT2D eigenvalue weighted by molar-refractivity contribution is 0.126. The first-order valence-corrected chi connectivity index (χ1v) is 15.9. The number of benzene rings is 4. The van der Waals surface area contributed by atoms with E-state index < -0.39 is 12.2 Å². The van der Waals surface area contributed by atoms with Crippen LogP contribution in [0.25, 0.3) is 0 Å². The van der Waals surface area contributed by atoms with E-state index in [1.54, 1.807) is 23.5 Å². The van der Waals surface area contributed by atoms with E-state index in [0.717, 1.165) is 32.4 Å². The third-order valence-corrected chi connectivity index (χ3v) is 9.28. The van der Waals surface area contributed by atoms with Crippen molar-refractivity contribution in [1.82, 2.24) is 0 Å². The average Bonchev–Trinajstić information content (AvgIpc) is 2.99. The van der Waals surface area contributed by atoms with E-state index in [4.69, 9.17) is 9.47 Å². The molecule has 0 aliphatic heterocycles. The molecule has 0 heterocycles. The molecule has 2 unspecified atom stereocenters. The first kappa shape index (κ1) is 31.0.